The second-order valence-electron chi connectivity index (χ2n) is 4.49. The molecule has 5 heteroatoms. The van der Waals surface area contributed by atoms with Crippen LogP contribution >= 0.6 is 22.6 Å². The number of fused-ring (bicyclic) bond motifs is 1. The third-order valence-electron chi connectivity index (χ3n) is 3.08. The van der Waals surface area contributed by atoms with Gasteiger partial charge in [0.2, 0.25) is 0 Å². The molecule has 3 aromatic rings. The highest BCUT2D eigenvalue weighted by atomic mass is 127. The number of rotatable bonds is 1. The highest BCUT2D eigenvalue weighted by molar-refractivity contribution is 14.1. The van der Waals surface area contributed by atoms with Crippen LogP contribution in [0.2, 0.25) is 0 Å². The van der Waals surface area contributed by atoms with Crippen LogP contribution in [0.4, 0.5) is 13.2 Å². The normalized spacial score (nSPS) is 12.0. The molecule has 0 atom stereocenters. The number of hydrogen-bond acceptors (Lipinski definition) is 0. The topological polar surface area (TPSA) is 15.8 Å². The van der Waals surface area contributed by atoms with E-state index in [2.05, 4.69) is 27.6 Å². The largest absolute Gasteiger partial charge is 0.416 e. The van der Waals surface area contributed by atoms with E-state index < -0.39 is 11.7 Å². The Balaban J connectivity index is 2.11. The SMILES string of the molecule is FC(F)(F)c1ccc2[nH]c(-c3cccc(I)c3)cc2c1. The molecule has 102 valence electrons. The van der Waals surface area contributed by atoms with Gasteiger partial charge in [0.05, 0.1) is 5.56 Å². The zero-order chi connectivity index (χ0) is 14.3. The summed E-state index contributed by atoms with van der Waals surface area (Å²) in [6.45, 7) is 0. The predicted octanol–water partition coefficient (Wildman–Crippen LogP) is 5.46. The fourth-order valence-electron chi connectivity index (χ4n) is 2.12. The van der Waals surface area contributed by atoms with E-state index >= 15 is 0 Å². The van der Waals surface area contributed by atoms with Crippen LogP contribution in [0.5, 0.6) is 0 Å². The molecule has 1 aromatic heterocycles. The summed E-state index contributed by atoms with van der Waals surface area (Å²) in [5.74, 6) is 0. The minimum absolute atomic E-state index is 0.564. The number of nitrogens with one attached hydrogen (secondary N) is 1. The maximum absolute atomic E-state index is 12.7. The maximum Gasteiger partial charge on any atom is 0.416 e. The molecule has 0 bridgehead atoms. The first-order valence-electron chi connectivity index (χ1n) is 5.89. The molecular weight excluding hydrogens is 378 g/mol. The number of H-pyrrole nitrogens is 1. The second kappa shape index (κ2) is 4.80. The smallest absolute Gasteiger partial charge is 0.355 e. The fourth-order valence-corrected chi connectivity index (χ4v) is 2.66. The lowest BCUT2D eigenvalue weighted by atomic mass is 10.1. The minimum Gasteiger partial charge on any atom is -0.355 e. The van der Waals surface area contributed by atoms with Crippen molar-refractivity contribution in [2.45, 2.75) is 6.18 Å². The van der Waals surface area contributed by atoms with Crippen molar-refractivity contribution in [3.8, 4) is 11.3 Å². The van der Waals surface area contributed by atoms with Crippen LogP contribution in [0.3, 0.4) is 0 Å². The average molecular weight is 387 g/mol. The summed E-state index contributed by atoms with van der Waals surface area (Å²) < 4.78 is 39.1. The summed E-state index contributed by atoms with van der Waals surface area (Å²) in [5.41, 5.74) is 1.85. The van der Waals surface area contributed by atoms with Crippen molar-refractivity contribution in [2.75, 3.05) is 0 Å². The van der Waals surface area contributed by atoms with Gasteiger partial charge in [0.25, 0.3) is 0 Å². The van der Waals surface area contributed by atoms with Gasteiger partial charge < -0.3 is 4.98 Å². The van der Waals surface area contributed by atoms with Gasteiger partial charge >= 0.3 is 6.18 Å². The van der Waals surface area contributed by atoms with Crippen LogP contribution in [-0.2, 0) is 6.18 Å². The Morgan fingerprint density at radius 1 is 0.950 bits per heavy atom. The van der Waals surface area contributed by atoms with Crippen molar-refractivity contribution in [1.82, 2.24) is 4.98 Å². The summed E-state index contributed by atoms with van der Waals surface area (Å²) in [7, 11) is 0. The van der Waals surface area contributed by atoms with Crippen LogP contribution < -0.4 is 0 Å². The fraction of sp³-hybridized carbons (Fsp3) is 0.0667. The molecule has 0 aliphatic rings. The Kier molecular flexibility index (Phi) is 3.24. The van der Waals surface area contributed by atoms with Gasteiger partial charge in [-0.05, 0) is 64.6 Å². The summed E-state index contributed by atoms with van der Waals surface area (Å²) in [4.78, 5) is 3.15. The molecule has 0 aliphatic heterocycles. The van der Waals surface area contributed by atoms with Crippen molar-refractivity contribution in [3.63, 3.8) is 0 Å². The first-order chi connectivity index (χ1) is 9.43. The molecule has 0 fully saturated rings. The maximum atomic E-state index is 12.7. The number of halogens is 4. The lowest BCUT2D eigenvalue weighted by molar-refractivity contribution is -0.137. The Labute approximate surface area is 127 Å². The summed E-state index contributed by atoms with van der Waals surface area (Å²) in [5, 5.41) is 0.564. The molecule has 0 aliphatic carbocycles. The van der Waals surface area contributed by atoms with Crippen LogP contribution in [0.25, 0.3) is 22.2 Å². The molecule has 3 rings (SSSR count). The van der Waals surface area contributed by atoms with E-state index in [0.717, 1.165) is 20.9 Å². The molecule has 1 nitrogen and oxygen atoms in total. The Morgan fingerprint density at radius 3 is 2.45 bits per heavy atom. The quantitative estimate of drug-likeness (QED) is 0.534. The van der Waals surface area contributed by atoms with Crippen molar-refractivity contribution in [3.05, 3.63) is 57.7 Å². The van der Waals surface area contributed by atoms with E-state index in [4.69, 9.17) is 0 Å². The summed E-state index contributed by atoms with van der Waals surface area (Å²) in [6.07, 6.45) is -4.31. The van der Waals surface area contributed by atoms with Crippen LogP contribution in [0.1, 0.15) is 5.56 Å². The number of alkyl halides is 3. The Morgan fingerprint density at radius 2 is 1.75 bits per heavy atom. The second-order valence-corrected chi connectivity index (χ2v) is 5.74. The van der Waals surface area contributed by atoms with Gasteiger partial charge in [-0.2, -0.15) is 13.2 Å². The van der Waals surface area contributed by atoms with E-state index in [1.807, 2.05) is 24.3 Å². The van der Waals surface area contributed by atoms with Gasteiger partial charge in [-0.15, -0.1) is 0 Å². The van der Waals surface area contributed by atoms with Gasteiger partial charge in [-0.25, -0.2) is 0 Å². The van der Waals surface area contributed by atoms with E-state index in [-0.39, 0.29) is 0 Å². The first kappa shape index (κ1) is 13.5. The molecule has 0 saturated carbocycles. The third-order valence-corrected chi connectivity index (χ3v) is 3.75. The van der Waals surface area contributed by atoms with Crippen molar-refractivity contribution < 1.29 is 13.2 Å². The Hall–Kier alpha value is -1.50. The van der Waals surface area contributed by atoms with E-state index in [0.29, 0.717) is 10.9 Å². The van der Waals surface area contributed by atoms with Gasteiger partial charge in [0.1, 0.15) is 0 Å². The first-order valence-corrected chi connectivity index (χ1v) is 6.97. The molecule has 1 heterocycles. The summed E-state index contributed by atoms with van der Waals surface area (Å²) >= 11 is 2.20. The van der Waals surface area contributed by atoms with Crippen molar-refractivity contribution in [1.29, 1.82) is 0 Å². The molecule has 0 unspecified atom stereocenters. The van der Waals surface area contributed by atoms with Gasteiger partial charge in [0, 0.05) is 20.2 Å². The van der Waals surface area contributed by atoms with Gasteiger partial charge in [-0.3, -0.25) is 0 Å². The standard InChI is InChI=1S/C15H9F3IN/c16-15(17,18)11-4-5-13-10(6-11)8-14(20-13)9-2-1-3-12(19)7-9/h1-8,20H. The molecule has 20 heavy (non-hydrogen) atoms. The molecule has 0 saturated heterocycles. The van der Waals surface area contributed by atoms with E-state index in [9.17, 15) is 13.2 Å². The minimum atomic E-state index is -4.31. The average Bonchev–Trinajstić information content (AvgIpc) is 2.80. The van der Waals surface area contributed by atoms with Crippen molar-refractivity contribution in [2.24, 2.45) is 0 Å². The highest BCUT2D eigenvalue weighted by Crippen LogP contribution is 2.33. The number of aromatic nitrogens is 1. The zero-order valence-electron chi connectivity index (χ0n) is 10.1. The molecule has 0 spiro atoms. The Bertz CT molecular complexity index is 774. The molecule has 2 aromatic carbocycles. The predicted molar refractivity (Wildman–Crippen MR) is 81.5 cm³/mol. The zero-order valence-corrected chi connectivity index (χ0v) is 12.3. The lowest BCUT2D eigenvalue weighted by Crippen LogP contribution is -2.03. The van der Waals surface area contributed by atoms with Gasteiger partial charge in [0.15, 0.2) is 0 Å². The lowest BCUT2D eigenvalue weighted by Gasteiger charge is -2.05. The van der Waals surface area contributed by atoms with Gasteiger partial charge in [-0.1, -0.05) is 12.1 Å². The van der Waals surface area contributed by atoms with E-state index in [1.54, 1.807) is 6.07 Å². The number of aromatic amines is 1. The molecule has 1 N–H and O–H groups in total. The number of benzene rings is 2. The third kappa shape index (κ3) is 2.54. The number of hydrogen-bond donors (Lipinski definition) is 1. The molecular formula is C15H9F3IN. The van der Waals surface area contributed by atoms with Crippen molar-refractivity contribution >= 4 is 33.5 Å². The van der Waals surface area contributed by atoms with Crippen LogP contribution in [-0.4, -0.2) is 4.98 Å². The van der Waals surface area contributed by atoms with Crippen LogP contribution in [0, 0.1) is 3.57 Å². The summed E-state index contributed by atoms with van der Waals surface area (Å²) in [6, 6.07) is 13.3. The highest BCUT2D eigenvalue weighted by Gasteiger charge is 2.30. The molecule has 0 amide bonds. The van der Waals surface area contributed by atoms with Crippen LogP contribution in [0.15, 0.2) is 48.5 Å². The monoisotopic (exact) mass is 387 g/mol. The molecule has 0 radical (unpaired) electrons. The van der Waals surface area contributed by atoms with E-state index in [1.165, 1.54) is 12.1 Å².